The molecule has 0 saturated heterocycles. The van der Waals surface area contributed by atoms with Crippen LogP contribution in [-0.4, -0.2) is 27.0 Å². The molecule has 0 fully saturated rings. The molecule has 0 spiro atoms. The lowest BCUT2D eigenvalue weighted by Gasteiger charge is -2.06. The van der Waals surface area contributed by atoms with Crippen molar-refractivity contribution in [3.05, 3.63) is 82.7 Å². The van der Waals surface area contributed by atoms with Crippen LogP contribution in [0.4, 0.5) is 0 Å². The molecule has 0 aliphatic rings. The maximum absolute atomic E-state index is 12.1. The summed E-state index contributed by atoms with van der Waals surface area (Å²) in [6.45, 7) is 4.65. The summed E-state index contributed by atoms with van der Waals surface area (Å²) in [5, 5.41) is 17.7. The first-order chi connectivity index (χ1) is 12.5. The Hall–Kier alpha value is -3.41. The number of hydrogen-bond donors (Lipinski definition) is 2. The van der Waals surface area contributed by atoms with Crippen molar-refractivity contribution in [2.75, 3.05) is 0 Å². The topological polar surface area (TPSA) is 79.5 Å². The fourth-order valence-corrected chi connectivity index (χ4v) is 2.60. The molecular formula is C20H20N4O2. The fourth-order valence-electron chi connectivity index (χ4n) is 2.60. The number of benzene rings is 2. The van der Waals surface area contributed by atoms with Crippen molar-refractivity contribution in [2.45, 2.75) is 20.4 Å². The number of aromatic hydroxyl groups is 1. The van der Waals surface area contributed by atoms with E-state index < -0.39 is 0 Å². The molecule has 1 amide bonds. The highest BCUT2D eigenvalue weighted by molar-refractivity contribution is 5.94. The lowest BCUT2D eigenvalue weighted by atomic mass is 10.1. The highest BCUT2D eigenvalue weighted by Gasteiger charge is 2.06. The standard InChI is InChI=1S/C20H20N4O2/c1-14-10-15(2)24(23-14)13-16-6-8-18(9-7-16)20(26)22-21-12-17-4-3-5-19(25)11-17/h3-12,25H,13H2,1-2H3,(H,22,26). The van der Waals surface area contributed by atoms with Gasteiger partial charge in [-0.1, -0.05) is 24.3 Å². The average molecular weight is 348 g/mol. The minimum Gasteiger partial charge on any atom is -0.508 e. The summed E-state index contributed by atoms with van der Waals surface area (Å²) in [5.41, 5.74) is 6.86. The van der Waals surface area contributed by atoms with E-state index in [1.54, 1.807) is 36.4 Å². The lowest BCUT2D eigenvalue weighted by molar-refractivity contribution is 0.0955. The van der Waals surface area contributed by atoms with Gasteiger partial charge in [-0.2, -0.15) is 10.2 Å². The Kier molecular flexibility index (Phi) is 5.12. The van der Waals surface area contributed by atoms with E-state index in [9.17, 15) is 9.90 Å². The zero-order chi connectivity index (χ0) is 18.5. The van der Waals surface area contributed by atoms with Crippen LogP contribution in [0.5, 0.6) is 5.75 Å². The third-order valence-electron chi connectivity index (χ3n) is 3.90. The van der Waals surface area contributed by atoms with Gasteiger partial charge in [0.25, 0.3) is 5.91 Å². The highest BCUT2D eigenvalue weighted by Crippen LogP contribution is 2.10. The third-order valence-corrected chi connectivity index (χ3v) is 3.90. The van der Waals surface area contributed by atoms with Crippen molar-refractivity contribution in [1.82, 2.24) is 15.2 Å². The second-order valence-electron chi connectivity index (χ2n) is 6.08. The van der Waals surface area contributed by atoms with Crippen LogP contribution < -0.4 is 5.43 Å². The Morgan fingerprint density at radius 3 is 2.62 bits per heavy atom. The van der Waals surface area contributed by atoms with Gasteiger partial charge in [0.2, 0.25) is 0 Å². The van der Waals surface area contributed by atoms with Crippen molar-refractivity contribution in [1.29, 1.82) is 0 Å². The van der Waals surface area contributed by atoms with Gasteiger partial charge in [-0.25, -0.2) is 5.43 Å². The fraction of sp³-hybridized carbons (Fsp3) is 0.150. The molecule has 0 aliphatic carbocycles. The monoisotopic (exact) mass is 348 g/mol. The Bertz CT molecular complexity index is 943. The van der Waals surface area contributed by atoms with Crippen molar-refractivity contribution < 1.29 is 9.90 Å². The van der Waals surface area contributed by atoms with Gasteiger partial charge in [0, 0.05) is 11.3 Å². The number of carbonyl (C=O) groups excluding carboxylic acids is 1. The number of phenolic OH excluding ortho intramolecular Hbond substituents is 1. The SMILES string of the molecule is Cc1cc(C)n(Cc2ccc(C(=O)NN=Cc3cccc(O)c3)cc2)n1. The number of rotatable bonds is 5. The first-order valence-electron chi connectivity index (χ1n) is 8.24. The van der Waals surface area contributed by atoms with Crippen LogP contribution in [-0.2, 0) is 6.54 Å². The number of hydrazone groups is 1. The summed E-state index contributed by atoms with van der Waals surface area (Å²) in [7, 11) is 0. The zero-order valence-electron chi connectivity index (χ0n) is 14.7. The molecule has 1 aromatic heterocycles. The molecule has 26 heavy (non-hydrogen) atoms. The smallest absolute Gasteiger partial charge is 0.271 e. The molecule has 3 aromatic rings. The molecule has 2 aromatic carbocycles. The van der Waals surface area contributed by atoms with Crippen LogP contribution >= 0.6 is 0 Å². The Morgan fingerprint density at radius 2 is 1.96 bits per heavy atom. The number of carbonyl (C=O) groups is 1. The number of nitrogens with one attached hydrogen (secondary N) is 1. The van der Waals surface area contributed by atoms with E-state index in [-0.39, 0.29) is 11.7 Å². The quantitative estimate of drug-likeness (QED) is 0.549. The lowest BCUT2D eigenvalue weighted by Crippen LogP contribution is -2.17. The van der Waals surface area contributed by atoms with E-state index >= 15 is 0 Å². The highest BCUT2D eigenvalue weighted by atomic mass is 16.3. The van der Waals surface area contributed by atoms with Crippen molar-refractivity contribution in [3.63, 3.8) is 0 Å². The minimum absolute atomic E-state index is 0.151. The van der Waals surface area contributed by atoms with Crippen LogP contribution in [0.25, 0.3) is 0 Å². The van der Waals surface area contributed by atoms with Crippen LogP contribution in [0.2, 0.25) is 0 Å². The maximum atomic E-state index is 12.1. The van der Waals surface area contributed by atoms with Crippen molar-refractivity contribution >= 4 is 12.1 Å². The van der Waals surface area contributed by atoms with Crippen LogP contribution in [0.15, 0.2) is 59.7 Å². The largest absolute Gasteiger partial charge is 0.508 e. The van der Waals surface area contributed by atoms with Gasteiger partial charge in [0.15, 0.2) is 0 Å². The molecule has 1 heterocycles. The number of hydrogen-bond acceptors (Lipinski definition) is 4. The molecule has 3 rings (SSSR count). The zero-order valence-corrected chi connectivity index (χ0v) is 14.7. The van der Waals surface area contributed by atoms with E-state index in [0.29, 0.717) is 17.7 Å². The number of aromatic nitrogens is 2. The Morgan fingerprint density at radius 1 is 1.19 bits per heavy atom. The van der Waals surface area contributed by atoms with Crippen LogP contribution in [0.1, 0.15) is 32.9 Å². The Labute approximate surface area is 151 Å². The molecule has 0 aliphatic heterocycles. The molecular weight excluding hydrogens is 328 g/mol. The molecule has 2 N–H and O–H groups in total. The van der Waals surface area contributed by atoms with Crippen LogP contribution in [0.3, 0.4) is 0 Å². The van der Waals surface area contributed by atoms with E-state index in [1.165, 1.54) is 6.21 Å². The molecule has 0 unspecified atom stereocenters. The molecule has 0 radical (unpaired) electrons. The molecule has 0 bridgehead atoms. The van der Waals surface area contributed by atoms with Gasteiger partial charge in [0.05, 0.1) is 18.5 Å². The number of phenols is 1. The summed E-state index contributed by atoms with van der Waals surface area (Å²) in [6.07, 6.45) is 1.48. The third kappa shape index (κ3) is 4.36. The van der Waals surface area contributed by atoms with Gasteiger partial charge in [-0.15, -0.1) is 0 Å². The summed E-state index contributed by atoms with van der Waals surface area (Å²) in [6, 6.07) is 16.0. The molecule has 6 nitrogen and oxygen atoms in total. The van der Waals surface area contributed by atoms with E-state index in [2.05, 4.69) is 15.6 Å². The number of nitrogens with zero attached hydrogens (tertiary/aromatic N) is 3. The summed E-state index contributed by atoms with van der Waals surface area (Å²) in [5.74, 6) is -0.141. The number of aryl methyl sites for hydroxylation is 2. The van der Waals surface area contributed by atoms with Gasteiger partial charge < -0.3 is 5.11 Å². The maximum Gasteiger partial charge on any atom is 0.271 e. The predicted molar refractivity (Wildman–Crippen MR) is 100 cm³/mol. The summed E-state index contributed by atoms with van der Waals surface area (Å²) in [4.78, 5) is 12.1. The molecule has 132 valence electrons. The predicted octanol–water partition coefficient (Wildman–Crippen LogP) is 3.02. The van der Waals surface area contributed by atoms with Gasteiger partial charge in [-0.3, -0.25) is 9.48 Å². The van der Waals surface area contributed by atoms with E-state index in [4.69, 9.17) is 0 Å². The molecule has 6 heteroatoms. The molecule has 0 atom stereocenters. The first kappa shape index (κ1) is 17.4. The number of amides is 1. The molecule has 0 saturated carbocycles. The van der Waals surface area contributed by atoms with Crippen LogP contribution in [0, 0.1) is 13.8 Å². The minimum atomic E-state index is -0.293. The van der Waals surface area contributed by atoms with Crippen molar-refractivity contribution in [3.8, 4) is 5.75 Å². The second kappa shape index (κ2) is 7.65. The van der Waals surface area contributed by atoms with E-state index in [1.807, 2.05) is 36.7 Å². The van der Waals surface area contributed by atoms with Crippen molar-refractivity contribution in [2.24, 2.45) is 5.10 Å². The summed E-state index contributed by atoms with van der Waals surface area (Å²) >= 11 is 0. The normalized spacial score (nSPS) is 11.0. The first-order valence-corrected chi connectivity index (χ1v) is 8.24. The van der Waals surface area contributed by atoms with Gasteiger partial charge in [-0.05, 0) is 55.3 Å². The van der Waals surface area contributed by atoms with Gasteiger partial charge >= 0.3 is 0 Å². The Balaban J connectivity index is 1.61. The van der Waals surface area contributed by atoms with Gasteiger partial charge in [0.1, 0.15) is 5.75 Å². The van der Waals surface area contributed by atoms with E-state index in [0.717, 1.165) is 17.0 Å². The average Bonchev–Trinajstić information content (AvgIpc) is 2.93. The summed E-state index contributed by atoms with van der Waals surface area (Å²) < 4.78 is 1.93. The second-order valence-corrected chi connectivity index (χ2v) is 6.08.